The van der Waals surface area contributed by atoms with Crippen molar-refractivity contribution in [3.8, 4) is 55.9 Å². The van der Waals surface area contributed by atoms with Crippen LogP contribution in [0.5, 0.6) is 0 Å². The van der Waals surface area contributed by atoms with Gasteiger partial charge in [-0.2, -0.15) is 0 Å². The van der Waals surface area contributed by atoms with E-state index in [1.165, 1.54) is 121 Å². The number of benzene rings is 11. The monoisotopic (exact) mass is 812 g/mol. The molecule has 2 heteroatoms. The molecular weight excluding hydrogens is 773 g/mol. The van der Waals surface area contributed by atoms with E-state index in [9.17, 15) is 0 Å². The van der Waals surface area contributed by atoms with E-state index in [1.54, 1.807) is 0 Å². The molecule has 0 aliphatic carbocycles. The summed E-state index contributed by atoms with van der Waals surface area (Å²) in [5.41, 5.74) is 16.9. The molecule has 0 amide bonds. The molecular formula is C62H40N2. The average molecular weight is 813 g/mol. The van der Waals surface area contributed by atoms with E-state index in [-0.39, 0.29) is 0 Å². The summed E-state index contributed by atoms with van der Waals surface area (Å²) in [6.45, 7) is 0. The third-order valence-corrected chi connectivity index (χ3v) is 13.3. The summed E-state index contributed by atoms with van der Waals surface area (Å²) in [5, 5.41) is 10.0. The number of aromatic nitrogens is 2. The Hall–Kier alpha value is -8.46. The van der Waals surface area contributed by atoms with Gasteiger partial charge in [0.05, 0.1) is 27.8 Å². The normalized spacial score (nSPS) is 11.8. The largest absolute Gasteiger partial charge is 0.309 e. The van der Waals surface area contributed by atoms with Crippen molar-refractivity contribution >= 4 is 65.2 Å². The lowest BCUT2D eigenvalue weighted by atomic mass is 9.96. The minimum atomic E-state index is 1.18. The summed E-state index contributed by atoms with van der Waals surface area (Å²) >= 11 is 0. The van der Waals surface area contributed by atoms with Crippen molar-refractivity contribution in [2.75, 3.05) is 0 Å². The van der Waals surface area contributed by atoms with Crippen LogP contribution in [0.4, 0.5) is 0 Å². The lowest BCUT2D eigenvalue weighted by Crippen LogP contribution is -1.95. The van der Waals surface area contributed by atoms with Crippen molar-refractivity contribution in [3.63, 3.8) is 0 Å². The highest BCUT2D eigenvalue weighted by Gasteiger charge is 2.16. The minimum absolute atomic E-state index is 1.18. The van der Waals surface area contributed by atoms with Crippen LogP contribution in [-0.4, -0.2) is 9.13 Å². The van der Waals surface area contributed by atoms with Gasteiger partial charge in [0.25, 0.3) is 0 Å². The maximum atomic E-state index is 2.42. The maximum absolute atomic E-state index is 2.42. The SMILES string of the molecule is c1ccc2cc(-n3c4ccccc4c4cc(-c5ccc(-c6ccc(-c7ccc(-c8ccc9c(c8)c8ccccc8n9-c8cccc9ccccc89)cc7)cc6)cc5)ccc43)ccc2c1. The van der Waals surface area contributed by atoms with Gasteiger partial charge >= 0.3 is 0 Å². The van der Waals surface area contributed by atoms with Gasteiger partial charge in [-0.05, 0) is 115 Å². The Labute approximate surface area is 371 Å². The molecule has 2 aromatic heterocycles. The quantitative estimate of drug-likeness (QED) is 0.158. The Bertz CT molecular complexity index is 3920. The average Bonchev–Trinajstić information content (AvgIpc) is 3.88. The summed E-state index contributed by atoms with van der Waals surface area (Å²) in [4.78, 5) is 0. The van der Waals surface area contributed by atoms with E-state index in [4.69, 9.17) is 0 Å². The van der Waals surface area contributed by atoms with Crippen LogP contribution in [0.2, 0.25) is 0 Å². The smallest absolute Gasteiger partial charge is 0.0541 e. The molecule has 11 aromatic carbocycles. The van der Waals surface area contributed by atoms with Gasteiger partial charge in [-0.3, -0.25) is 0 Å². The number of hydrogen-bond donors (Lipinski definition) is 0. The molecule has 0 atom stereocenters. The Morgan fingerprint density at radius 1 is 0.203 bits per heavy atom. The summed E-state index contributed by atoms with van der Waals surface area (Å²) in [5.74, 6) is 0. The molecule has 0 bridgehead atoms. The molecule has 0 spiro atoms. The number of hydrogen-bond acceptors (Lipinski definition) is 0. The van der Waals surface area contributed by atoms with Gasteiger partial charge in [0.1, 0.15) is 0 Å². The maximum Gasteiger partial charge on any atom is 0.0541 e. The van der Waals surface area contributed by atoms with E-state index >= 15 is 0 Å². The minimum Gasteiger partial charge on any atom is -0.309 e. The van der Waals surface area contributed by atoms with Crippen molar-refractivity contribution in [3.05, 3.63) is 243 Å². The molecule has 13 aromatic rings. The molecule has 0 N–H and O–H groups in total. The van der Waals surface area contributed by atoms with E-state index in [0.29, 0.717) is 0 Å². The summed E-state index contributed by atoms with van der Waals surface area (Å²) in [6.07, 6.45) is 0. The fourth-order valence-electron chi connectivity index (χ4n) is 10.1. The molecule has 13 rings (SSSR count). The third-order valence-electron chi connectivity index (χ3n) is 13.3. The fourth-order valence-corrected chi connectivity index (χ4v) is 10.1. The van der Waals surface area contributed by atoms with Crippen molar-refractivity contribution in [2.45, 2.75) is 0 Å². The standard InChI is InChI=1S/C62H40N2/c1-2-12-49-38-52(35-32-41(49)10-1)63-59-17-7-5-15-54(59)56-39-50(33-36-61(56)63)46-28-24-44(25-29-46)42-20-22-43(23-21-42)45-26-30-47(31-27-45)51-34-37-62-57(40-51)55-16-6-8-18-60(55)64(62)58-19-9-13-48-11-3-4-14-53(48)58/h1-40H. The molecule has 0 radical (unpaired) electrons. The van der Waals surface area contributed by atoms with Crippen molar-refractivity contribution < 1.29 is 0 Å². The summed E-state index contributed by atoms with van der Waals surface area (Å²) in [7, 11) is 0. The Balaban J connectivity index is 0.767. The fraction of sp³-hybridized carbons (Fsp3) is 0. The first-order chi connectivity index (χ1) is 31.7. The topological polar surface area (TPSA) is 9.86 Å². The molecule has 298 valence electrons. The second kappa shape index (κ2) is 14.6. The molecule has 0 aliphatic rings. The first kappa shape index (κ1) is 36.2. The van der Waals surface area contributed by atoms with Crippen LogP contribution in [0.25, 0.3) is 121 Å². The van der Waals surface area contributed by atoms with Gasteiger partial charge in [0.15, 0.2) is 0 Å². The number of nitrogens with zero attached hydrogens (tertiary/aromatic N) is 2. The van der Waals surface area contributed by atoms with Crippen LogP contribution in [0.3, 0.4) is 0 Å². The predicted molar refractivity (Wildman–Crippen MR) is 272 cm³/mol. The van der Waals surface area contributed by atoms with Crippen LogP contribution in [0.15, 0.2) is 243 Å². The van der Waals surface area contributed by atoms with Crippen LogP contribution < -0.4 is 0 Å². The molecule has 2 heterocycles. The molecule has 0 saturated carbocycles. The lowest BCUT2D eigenvalue weighted by molar-refractivity contribution is 1.19. The van der Waals surface area contributed by atoms with Gasteiger partial charge in [-0.25, -0.2) is 0 Å². The molecule has 0 unspecified atom stereocenters. The van der Waals surface area contributed by atoms with Gasteiger partial charge in [-0.1, -0.05) is 188 Å². The lowest BCUT2D eigenvalue weighted by Gasteiger charge is -2.12. The van der Waals surface area contributed by atoms with Crippen LogP contribution in [-0.2, 0) is 0 Å². The molecule has 0 aliphatic heterocycles. The first-order valence-corrected chi connectivity index (χ1v) is 22.1. The Morgan fingerprint density at radius 3 is 1.16 bits per heavy atom. The summed E-state index contributed by atoms with van der Waals surface area (Å²) in [6, 6.07) is 88.9. The zero-order valence-corrected chi connectivity index (χ0v) is 35.0. The van der Waals surface area contributed by atoms with E-state index in [1.807, 2.05) is 0 Å². The molecule has 0 saturated heterocycles. The van der Waals surface area contributed by atoms with Crippen molar-refractivity contribution in [1.29, 1.82) is 0 Å². The first-order valence-electron chi connectivity index (χ1n) is 22.1. The third kappa shape index (κ3) is 5.88. The van der Waals surface area contributed by atoms with E-state index < -0.39 is 0 Å². The molecule has 2 nitrogen and oxygen atoms in total. The van der Waals surface area contributed by atoms with Gasteiger partial charge in [0, 0.05) is 32.6 Å². The van der Waals surface area contributed by atoms with Gasteiger partial charge in [-0.15, -0.1) is 0 Å². The van der Waals surface area contributed by atoms with Crippen molar-refractivity contribution in [2.24, 2.45) is 0 Å². The molecule has 0 fully saturated rings. The van der Waals surface area contributed by atoms with E-state index in [0.717, 1.165) is 0 Å². The number of para-hydroxylation sites is 2. The second-order valence-corrected chi connectivity index (χ2v) is 16.9. The number of rotatable bonds is 6. The Kier molecular flexibility index (Phi) is 8.25. The van der Waals surface area contributed by atoms with Crippen LogP contribution in [0, 0.1) is 0 Å². The van der Waals surface area contributed by atoms with Crippen LogP contribution in [0.1, 0.15) is 0 Å². The molecule has 64 heavy (non-hydrogen) atoms. The highest BCUT2D eigenvalue weighted by atomic mass is 15.0. The highest BCUT2D eigenvalue weighted by molar-refractivity contribution is 6.12. The predicted octanol–water partition coefficient (Wildman–Crippen LogP) is 16.9. The van der Waals surface area contributed by atoms with Crippen LogP contribution >= 0.6 is 0 Å². The van der Waals surface area contributed by atoms with Gasteiger partial charge < -0.3 is 9.13 Å². The highest BCUT2D eigenvalue weighted by Crippen LogP contribution is 2.39. The zero-order valence-electron chi connectivity index (χ0n) is 35.0. The van der Waals surface area contributed by atoms with Gasteiger partial charge in [0.2, 0.25) is 0 Å². The number of fused-ring (bicyclic) bond motifs is 8. The Morgan fingerprint density at radius 2 is 0.594 bits per heavy atom. The zero-order chi connectivity index (χ0) is 42.1. The van der Waals surface area contributed by atoms with E-state index in [2.05, 4.69) is 252 Å². The van der Waals surface area contributed by atoms with Crippen molar-refractivity contribution in [1.82, 2.24) is 9.13 Å². The summed E-state index contributed by atoms with van der Waals surface area (Å²) < 4.78 is 4.82. The second-order valence-electron chi connectivity index (χ2n) is 16.9.